The van der Waals surface area contributed by atoms with Crippen molar-refractivity contribution >= 4 is 11.8 Å². The molecule has 0 saturated carbocycles. The fourth-order valence-electron chi connectivity index (χ4n) is 1.94. The second kappa shape index (κ2) is 8.08. The van der Waals surface area contributed by atoms with Gasteiger partial charge in [0.25, 0.3) is 0 Å². The fraction of sp³-hybridized carbons (Fsp3) is 0.278. The van der Waals surface area contributed by atoms with Crippen molar-refractivity contribution in [1.82, 2.24) is 0 Å². The molecule has 0 bridgehead atoms. The Morgan fingerprint density at radius 1 is 0.957 bits per heavy atom. The van der Waals surface area contributed by atoms with Crippen LogP contribution in [-0.2, 0) is 4.74 Å². The number of aryl methyl sites for hydroxylation is 2. The zero-order valence-electron chi connectivity index (χ0n) is 13.6. The third-order valence-corrected chi connectivity index (χ3v) is 3.40. The van der Waals surface area contributed by atoms with Crippen molar-refractivity contribution in [3.63, 3.8) is 0 Å². The Labute approximate surface area is 136 Å². The predicted octanol–water partition coefficient (Wildman–Crippen LogP) is 3.94. The van der Waals surface area contributed by atoms with Gasteiger partial charge in [0, 0.05) is 5.69 Å². The van der Waals surface area contributed by atoms with E-state index in [-0.39, 0.29) is 13.2 Å². The lowest BCUT2D eigenvalue weighted by Crippen LogP contribution is -2.17. The molecule has 0 spiro atoms. The van der Waals surface area contributed by atoms with E-state index in [0.717, 1.165) is 11.3 Å². The first kappa shape index (κ1) is 16.7. The van der Waals surface area contributed by atoms with Gasteiger partial charge >= 0.3 is 6.09 Å². The number of amides is 1. The molecule has 0 heterocycles. The van der Waals surface area contributed by atoms with Gasteiger partial charge in [0.05, 0.1) is 7.11 Å². The average Bonchev–Trinajstić information content (AvgIpc) is 2.55. The van der Waals surface area contributed by atoms with Crippen LogP contribution < -0.4 is 14.8 Å². The number of benzene rings is 2. The van der Waals surface area contributed by atoms with Crippen LogP contribution >= 0.6 is 0 Å². The van der Waals surface area contributed by atoms with Gasteiger partial charge in [0.1, 0.15) is 24.7 Å². The lowest BCUT2D eigenvalue weighted by Gasteiger charge is -2.10. The zero-order chi connectivity index (χ0) is 16.7. The van der Waals surface area contributed by atoms with Crippen molar-refractivity contribution in [2.45, 2.75) is 13.8 Å². The van der Waals surface area contributed by atoms with E-state index in [0.29, 0.717) is 11.4 Å². The predicted molar refractivity (Wildman–Crippen MR) is 89.4 cm³/mol. The summed E-state index contributed by atoms with van der Waals surface area (Å²) in [7, 11) is 1.61. The monoisotopic (exact) mass is 315 g/mol. The minimum absolute atomic E-state index is 0.169. The molecule has 1 N–H and O–H groups in total. The Kier molecular flexibility index (Phi) is 5.86. The molecule has 0 saturated heterocycles. The van der Waals surface area contributed by atoms with Crippen molar-refractivity contribution in [2.24, 2.45) is 0 Å². The molecule has 5 nitrogen and oxygen atoms in total. The van der Waals surface area contributed by atoms with E-state index < -0.39 is 6.09 Å². The number of carbonyl (C=O) groups is 1. The van der Waals surface area contributed by atoms with E-state index in [1.165, 1.54) is 5.56 Å². The first-order chi connectivity index (χ1) is 11.1. The van der Waals surface area contributed by atoms with E-state index in [2.05, 4.69) is 5.32 Å². The van der Waals surface area contributed by atoms with Gasteiger partial charge in [0.15, 0.2) is 0 Å². The Balaban J connectivity index is 1.70. The number of methoxy groups -OCH3 is 1. The van der Waals surface area contributed by atoms with Gasteiger partial charge in [-0.2, -0.15) is 0 Å². The molecule has 0 atom stereocenters. The standard InChI is InChI=1S/C18H21NO4/c1-13-4-5-15(12-14(13)2)19-18(20)23-11-10-22-17-8-6-16(21-3)7-9-17/h4-9,12H,10-11H2,1-3H3,(H,19,20). The smallest absolute Gasteiger partial charge is 0.411 e. The highest BCUT2D eigenvalue weighted by molar-refractivity contribution is 5.84. The number of rotatable bonds is 6. The molecular formula is C18H21NO4. The maximum absolute atomic E-state index is 11.7. The maximum Gasteiger partial charge on any atom is 0.411 e. The number of ether oxygens (including phenoxy) is 3. The molecule has 0 aliphatic rings. The molecule has 0 fully saturated rings. The number of hydrogen-bond donors (Lipinski definition) is 1. The quantitative estimate of drug-likeness (QED) is 0.820. The molecule has 2 rings (SSSR count). The van der Waals surface area contributed by atoms with E-state index in [1.807, 2.05) is 44.2 Å². The normalized spacial score (nSPS) is 10.0. The van der Waals surface area contributed by atoms with Gasteiger partial charge < -0.3 is 14.2 Å². The van der Waals surface area contributed by atoms with E-state index in [4.69, 9.17) is 14.2 Å². The average molecular weight is 315 g/mol. The number of carbonyl (C=O) groups excluding carboxylic acids is 1. The van der Waals surface area contributed by atoms with Gasteiger partial charge in [-0.25, -0.2) is 4.79 Å². The third-order valence-electron chi connectivity index (χ3n) is 3.40. The molecule has 0 unspecified atom stereocenters. The van der Waals surface area contributed by atoms with Crippen molar-refractivity contribution in [2.75, 3.05) is 25.6 Å². The number of hydrogen-bond acceptors (Lipinski definition) is 4. The van der Waals surface area contributed by atoms with Gasteiger partial charge in [-0.1, -0.05) is 6.07 Å². The second-order valence-corrected chi connectivity index (χ2v) is 5.08. The van der Waals surface area contributed by atoms with Crippen LogP contribution in [0.2, 0.25) is 0 Å². The molecule has 23 heavy (non-hydrogen) atoms. The Bertz CT molecular complexity index is 653. The maximum atomic E-state index is 11.7. The molecule has 0 aromatic heterocycles. The first-order valence-electron chi connectivity index (χ1n) is 7.36. The summed E-state index contributed by atoms with van der Waals surface area (Å²) >= 11 is 0. The molecule has 2 aromatic carbocycles. The highest BCUT2D eigenvalue weighted by Crippen LogP contribution is 2.17. The summed E-state index contributed by atoms with van der Waals surface area (Å²) in [4.78, 5) is 11.7. The fourth-order valence-corrected chi connectivity index (χ4v) is 1.94. The Hall–Kier alpha value is -2.69. The van der Waals surface area contributed by atoms with Gasteiger partial charge in [-0.3, -0.25) is 5.32 Å². The summed E-state index contributed by atoms with van der Waals surface area (Å²) in [6.07, 6.45) is -0.494. The third kappa shape index (κ3) is 5.21. The van der Waals surface area contributed by atoms with Crippen LogP contribution in [0.4, 0.5) is 10.5 Å². The summed E-state index contributed by atoms with van der Waals surface area (Å²) < 4.78 is 15.6. The second-order valence-electron chi connectivity index (χ2n) is 5.08. The lowest BCUT2D eigenvalue weighted by molar-refractivity contribution is 0.138. The van der Waals surface area contributed by atoms with Crippen molar-refractivity contribution < 1.29 is 19.0 Å². The summed E-state index contributed by atoms with van der Waals surface area (Å²) in [5.74, 6) is 1.46. The van der Waals surface area contributed by atoms with Gasteiger partial charge in [0.2, 0.25) is 0 Å². The van der Waals surface area contributed by atoms with Crippen LogP contribution in [0.25, 0.3) is 0 Å². The summed E-state index contributed by atoms with van der Waals surface area (Å²) in [5, 5.41) is 2.69. The minimum atomic E-state index is -0.494. The Morgan fingerprint density at radius 2 is 1.65 bits per heavy atom. The summed E-state index contributed by atoms with van der Waals surface area (Å²) in [6.45, 7) is 4.47. The summed E-state index contributed by atoms with van der Waals surface area (Å²) in [5.41, 5.74) is 3.01. The van der Waals surface area contributed by atoms with Crippen LogP contribution in [0.3, 0.4) is 0 Å². The van der Waals surface area contributed by atoms with Crippen molar-refractivity contribution in [3.8, 4) is 11.5 Å². The number of anilines is 1. The van der Waals surface area contributed by atoms with Crippen molar-refractivity contribution in [3.05, 3.63) is 53.6 Å². The topological polar surface area (TPSA) is 56.8 Å². The highest BCUT2D eigenvalue weighted by atomic mass is 16.6. The van der Waals surface area contributed by atoms with E-state index >= 15 is 0 Å². The van der Waals surface area contributed by atoms with Crippen LogP contribution in [0.5, 0.6) is 11.5 Å². The minimum Gasteiger partial charge on any atom is -0.497 e. The van der Waals surface area contributed by atoms with Crippen LogP contribution in [0, 0.1) is 13.8 Å². The first-order valence-corrected chi connectivity index (χ1v) is 7.36. The van der Waals surface area contributed by atoms with Gasteiger partial charge in [-0.05, 0) is 61.4 Å². The molecule has 122 valence electrons. The summed E-state index contributed by atoms with van der Waals surface area (Å²) in [6, 6.07) is 12.9. The lowest BCUT2D eigenvalue weighted by atomic mass is 10.1. The molecule has 2 aromatic rings. The molecule has 5 heteroatoms. The van der Waals surface area contributed by atoms with Crippen LogP contribution in [0.1, 0.15) is 11.1 Å². The molecular weight excluding hydrogens is 294 g/mol. The van der Waals surface area contributed by atoms with Gasteiger partial charge in [-0.15, -0.1) is 0 Å². The Morgan fingerprint density at radius 3 is 2.30 bits per heavy atom. The molecule has 0 aliphatic carbocycles. The molecule has 0 aliphatic heterocycles. The van der Waals surface area contributed by atoms with E-state index in [1.54, 1.807) is 19.2 Å². The number of nitrogens with one attached hydrogen (secondary N) is 1. The van der Waals surface area contributed by atoms with E-state index in [9.17, 15) is 4.79 Å². The molecule has 0 radical (unpaired) electrons. The zero-order valence-corrected chi connectivity index (χ0v) is 13.6. The van der Waals surface area contributed by atoms with Crippen LogP contribution in [-0.4, -0.2) is 26.4 Å². The molecule has 1 amide bonds. The highest BCUT2D eigenvalue weighted by Gasteiger charge is 2.04. The van der Waals surface area contributed by atoms with Crippen molar-refractivity contribution in [1.29, 1.82) is 0 Å². The SMILES string of the molecule is COc1ccc(OCCOC(=O)Nc2ccc(C)c(C)c2)cc1. The van der Waals surface area contributed by atoms with Crippen LogP contribution in [0.15, 0.2) is 42.5 Å². The largest absolute Gasteiger partial charge is 0.497 e.